The highest BCUT2D eigenvalue weighted by molar-refractivity contribution is 7.09. The number of H-pyrrole nitrogens is 1. The first-order valence-corrected chi connectivity index (χ1v) is 7.80. The molecule has 0 spiro atoms. The molecule has 7 heteroatoms. The van der Waals surface area contributed by atoms with Gasteiger partial charge in [0.15, 0.2) is 5.82 Å². The molecular formula is C15H15FN4OS. The molecule has 2 heterocycles. The molecule has 1 unspecified atom stereocenters. The van der Waals surface area contributed by atoms with E-state index in [1.54, 1.807) is 12.1 Å². The van der Waals surface area contributed by atoms with Crippen molar-refractivity contribution < 1.29 is 9.50 Å². The van der Waals surface area contributed by atoms with Crippen LogP contribution in [0.25, 0.3) is 0 Å². The van der Waals surface area contributed by atoms with Gasteiger partial charge in [-0.25, -0.2) is 14.4 Å². The Labute approximate surface area is 130 Å². The van der Waals surface area contributed by atoms with Crippen LogP contribution >= 0.6 is 11.3 Å². The smallest absolute Gasteiger partial charge is 0.153 e. The van der Waals surface area contributed by atoms with Crippen LogP contribution in [0.15, 0.2) is 36.0 Å². The summed E-state index contributed by atoms with van der Waals surface area (Å²) in [7, 11) is 0. The van der Waals surface area contributed by atoms with Gasteiger partial charge in [0, 0.05) is 18.2 Å². The number of thiazole rings is 1. The number of aromatic nitrogens is 4. The van der Waals surface area contributed by atoms with Crippen LogP contribution in [0.1, 0.15) is 34.6 Å². The maximum Gasteiger partial charge on any atom is 0.153 e. The number of hydrogen-bond acceptors (Lipinski definition) is 5. The zero-order valence-electron chi connectivity index (χ0n) is 11.7. The van der Waals surface area contributed by atoms with Crippen molar-refractivity contribution in [1.29, 1.82) is 0 Å². The highest BCUT2D eigenvalue weighted by atomic mass is 32.1. The first-order chi connectivity index (χ1) is 10.7. The van der Waals surface area contributed by atoms with Crippen molar-refractivity contribution in [1.82, 2.24) is 20.2 Å². The summed E-state index contributed by atoms with van der Waals surface area (Å²) in [5, 5.41) is 19.2. The van der Waals surface area contributed by atoms with Crippen LogP contribution in [0.5, 0.6) is 0 Å². The minimum Gasteiger partial charge on any atom is -0.385 e. The lowest BCUT2D eigenvalue weighted by Crippen LogP contribution is -2.02. The first-order valence-electron chi connectivity index (χ1n) is 6.92. The second-order valence-electron chi connectivity index (χ2n) is 4.93. The van der Waals surface area contributed by atoms with E-state index in [0.29, 0.717) is 30.7 Å². The van der Waals surface area contributed by atoms with Gasteiger partial charge in [-0.3, -0.25) is 5.10 Å². The SMILES string of the molecule is OC(CCc1nc(Cc2ccccc2F)cs1)c1ncn[nH]1. The van der Waals surface area contributed by atoms with Crippen LogP contribution in [-0.4, -0.2) is 25.3 Å². The summed E-state index contributed by atoms with van der Waals surface area (Å²) in [5.41, 5.74) is 1.49. The molecule has 5 nitrogen and oxygen atoms in total. The van der Waals surface area contributed by atoms with E-state index >= 15 is 0 Å². The molecular weight excluding hydrogens is 303 g/mol. The standard InChI is InChI=1S/C15H15FN4OS/c16-12-4-2-1-3-10(12)7-11-8-22-14(19-11)6-5-13(21)15-17-9-18-20-15/h1-4,8-9,13,21H,5-7H2,(H,17,18,20). The molecule has 0 aliphatic rings. The van der Waals surface area contributed by atoms with Crippen molar-refractivity contribution in [2.24, 2.45) is 0 Å². The maximum atomic E-state index is 13.6. The summed E-state index contributed by atoms with van der Waals surface area (Å²) in [6.45, 7) is 0. The van der Waals surface area contributed by atoms with Crippen LogP contribution < -0.4 is 0 Å². The Morgan fingerprint density at radius 3 is 2.95 bits per heavy atom. The summed E-state index contributed by atoms with van der Waals surface area (Å²) >= 11 is 1.52. The highest BCUT2D eigenvalue weighted by Crippen LogP contribution is 2.20. The van der Waals surface area contributed by atoms with Gasteiger partial charge in [-0.2, -0.15) is 5.10 Å². The lowest BCUT2D eigenvalue weighted by molar-refractivity contribution is 0.158. The molecule has 0 saturated heterocycles. The average molecular weight is 318 g/mol. The number of nitrogens with one attached hydrogen (secondary N) is 1. The van der Waals surface area contributed by atoms with E-state index in [2.05, 4.69) is 20.2 Å². The van der Waals surface area contributed by atoms with E-state index in [1.165, 1.54) is 23.7 Å². The molecule has 1 atom stereocenters. The zero-order chi connectivity index (χ0) is 15.4. The van der Waals surface area contributed by atoms with Crippen molar-refractivity contribution in [2.75, 3.05) is 0 Å². The molecule has 0 aliphatic heterocycles. The number of aryl methyl sites for hydroxylation is 1. The number of benzene rings is 1. The molecule has 0 amide bonds. The Morgan fingerprint density at radius 2 is 2.18 bits per heavy atom. The molecule has 2 aromatic heterocycles. The van der Waals surface area contributed by atoms with Gasteiger partial charge in [0.25, 0.3) is 0 Å². The Kier molecular flexibility index (Phi) is 4.55. The third kappa shape index (κ3) is 3.55. The first kappa shape index (κ1) is 14.8. The van der Waals surface area contributed by atoms with E-state index in [4.69, 9.17) is 0 Å². The van der Waals surface area contributed by atoms with E-state index in [1.807, 2.05) is 11.4 Å². The van der Waals surface area contributed by atoms with Gasteiger partial charge in [-0.05, 0) is 18.1 Å². The molecule has 1 aromatic carbocycles. The molecule has 2 N–H and O–H groups in total. The van der Waals surface area contributed by atoms with Crippen molar-refractivity contribution in [2.45, 2.75) is 25.4 Å². The molecule has 0 fully saturated rings. The molecule has 0 bridgehead atoms. The summed E-state index contributed by atoms with van der Waals surface area (Å²) in [6.07, 6.45) is 2.33. The van der Waals surface area contributed by atoms with Gasteiger partial charge in [-0.15, -0.1) is 11.3 Å². The van der Waals surface area contributed by atoms with Crippen molar-refractivity contribution >= 4 is 11.3 Å². The predicted octanol–water partition coefficient (Wildman–Crippen LogP) is 2.66. The molecule has 0 saturated carbocycles. The number of nitrogens with zero attached hydrogens (tertiary/aromatic N) is 3. The van der Waals surface area contributed by atoms with Gasteiger partial charge < -0.3 is 5.11 Å². The van der Waals surface area contributed by atoms with Gasteiger partial charge in [0.1, 0.15) is 18.2 Å². The van der Waals surface area contributed by atoms with Crippen LogP contribution in [0.3, 0.4) is 0 Å². The fourth-order valence-corrected chi connectivity index (χ4v) is 2.97. The lowest BCUT2D eigenvalue weighted by Gasteiger charge is -2.04. The number of aromatic amines is 1. The third-order valence-electron chi connectivity index (χ3n) is 3.31. The number of aliphatic hydroxyl groups excluding tert-OH is 1. The van der Waals surface area contributed by atoms with E-state index in [-0.39, 0.29) is 5.82 Å². The topological polar surface area (TPSA) is 74.7 Å². The van der Waals surface area contributed by atoms with Gasteiger partial charge >= 0.3 is 0 Å². The van der Waals surface area contributed by atoms with Crippen LogP contribution in [0, 0.1) is 5.82 Å². The fourth-order valence-electron chi connectivity index (χ4n) is 2.15. The molecule has 3 rings (SSSR count). The summed E-state index contributed by atoms with van der Waals surface area (Å²) < 4.78 is 13.6. The minimum absolute atomic E-state index is 0.210. The van der Waals surface area contributed by atoms with Crippen LogP contribution in [0.2, 0.25) is 0 Å². The van der Waals surface area contributed by atoms with E-state index in [0.717, 1.165) is 10.7 Å². The Hall–Kier alpha value is -2.12. The molecule has 22 heavy (non-hydrogen) atoms. The zero-order valence-corrected chi connectivity index (χ0v) is 12.6. The summed E-state index contributed by atoms with van der Waals surface area (Å²) in [4.78, 5) is 8.42. The molecule has 0 aliphatic carbocycles. The fraction of sp³-hybridized carbons (Fsp3) is 0.267. The van der Waals surface area contributed by atoms with Crippen molar-refractivity contribution in [3.63, 3.8) is 0 Å². The molecule has 3 aromatic rings. The minimum atomic E-state index is -0.679. The highest BCUT2D eigenvalue weighted by Gasteiger charge is 2.12. The molecule has 0 radical (unpaired) electrons. The second-order valence-corrected chi connectivity index (χ2v) is 5.87. The van der Waals surface area contributed by atoms with E-state index < -0.39 is 6.10 Å². The Balaban J connectivity index is 1.58. The average Bonchev–Trinajstić information content (AvgIpc) is 3.19. The van der Waals surface area contributed by atoms with Crippen molar-refractivity contribution in [3.05, 3.63) is 63.9 Å². The van der Waals surface area contributed by atoms with Crippen molar-refractivity contribution in [3.8, 4) is 0 Å². The predicted molar refractivity (Wildman–Crippen MR) is 81.0 cm³/mol. The molecule has 114 valence electrons. The number of rotatable bonds is 6. The Bertz CT molecular complexity index is 729. The normalized spacial score (nSPS) is 12.5. The maximum absolute atomic E-state index is 13.6. The Morgan fingerprint density at radius 1 is 1.32 bits per heavy atom. The second kappa shape index (κ2) is 6.76. The monoisotopic (exact) mass is 318 g/mol. The van der Waals surface area contributed by atoms with Crippen LogP contribution in [-0.2, 0) is 12.8 Å². The number of hydrogen-bond donors (Lipinski definition) is 2. The van der Waals surface area contributed by atoms with Gasteiger partial charge in [0.2, 0.25) is 0 Å². The quantitative estimate of drug-likeness (QED) is 0.733. The van der Waals surface area contributed by atoms with E-state index in [9.17, 15) is 9.50 Å². The summed E-state index contributed by atoms with van der Waals surface area (Å²) in [5.74, 6) is 0.251. The number of halogens is 1. The number of aliphatic hydroxyl groups is 1. The third-order valence-corrected chi connectivity index (χ3v) is 4.27. The van der Waals surface area contributed by atoms with Gasteiger partial charge in [-0.1, -0.05) is 18.2 Å². The largest absolute Gasteiger partial charge is 0.385 e. The summed E-state index contributed by atoms with van der Waals surface area (Å²) in [6, 6.07) is 6.72. The lowest BCUT2D eigenvalue weighted by atomic mass is 10.1. The van der Waals surface area contributed by atoms with Gasteiger partial charge in [0.05, 0.1) is 10.7 Å². The van der Waals surface area contributed by atoms with Crippen LogP contribution in [0.4, 0.5) is 4.39 Å².